The van der Waals surface area contributed by atoms with Gasteiger partial charge in [-0.05, 0) is 55.3 Å². The smallest absolute Gasteiger partial charge is 0.295 e. The zero-order chi connectivity index (χ0) is 25.8. The number of carbonyl (C=O) groups is 2. The molecule has 186 valence electrons. The third kappa shape index (κ3) is 5.03. The van der Waals surface area contributed by atoms with Crippen molar-refractivity contribution in [3.8, 4) is 11.5 Å². The number of amides is 1. The summed E-state index contributed by atoms with van der Waals surface area (Å²) in [7, 11) is 0. The summed E-state index contributed by atoms with van der Waals surface area (Å²) in [5.41, 5.74) is 1.44. The van der Waals surface area contributed by atoms with Crippen LogP contribution in [0.5, 0.6) is 11.5 Å². The number of ketones is 1. The highest BCUT2D eigenvalue weighted by Gasteiger charge is 2.46. The molecule has 1 fully saturated rings. The molecule has 2 heterocycles. The summed E-state index contributed by atoms with van der Waals surface area (Å²) in [5, 5.41) is 12.1. The van der Waals surface area contributed by atoms with Crippen LogP contribution in [0.3, 0.4) is 0 Å². The Hall–Kier alpha value is -3.55. The van der Waals surface area contributed by atoms with Crippen LogP contribution in [0.25, 0.3) is 5.76 Å². The number of aliphatic hydroxyl groups excluding tert-OH is 1. The molecule has 0 aliphatic carbocycles. The molecule has 1 unspecified atom stereocenters. The molecule has 2 aromatic carbocycles. The van der Waals surface area contributed by atoms with Gasteiger partial charge in [0.25, 0.3) is 11.7 Å². The third-order valence-electron chi connectivity index (χ3n) is 5.69. The number of nitrogens with zero attached hydrogens (tertiary/aromatic N) is 2. The third-order valence-corrected chi connectivity index (χ3v) is 6.43. The van der Waals surface area contributed by atoms with Gasteiger partial charge >= 0.3 is 0 Å². The second kappa shape index (κ2) is 11.0. The van der Waals surface area contributed by atoms with Crippen LogP contribution in [0, 0.1) is 0 Å². The standard InChI is InChI=1S/C27H24Cl2N2O5/c1-3-35-18-8-9-19(22(13-18)36-4-2)25(32)23-24(17-7-10-20(28)21(29)12-17)31(27(34)26(23)33)15-16-6-5-11-30-14-16/h5-14,24,32H,3-4,15H2,1-2H3/b25-23-. The van der Waals surface area contributed by atoms with Crippen LogP contribution in [0.2, 0.25) is 10.0 Å². The molecule has 0 spiro atoms. The van der Waals surface area contributed by atoms with E-state index in [0.717, 1.165) is 5.56 Å². The lowest BCUT2D eigenvalue weighted by molar-refractivity contribution is -0.140. The number of Topliss-reactive ketones (excluding diaryl/α,β-unsaturated/α-hetero) is 1. The molecule has 7 nitrogen and oxygen atoms in total. The maximum Gasteiger partial charge on any atom is 0.295 e. The van der Waals surface area contributed by atoms with Gasteiger partial charge < -0.3 is 19.5 Å². The Morgan fingerprint density at radius 3 is 2.47 bits per heavy atom. The van der Waals surface area contributed by atoms with E-state index in [1.54, 1.807) is 67.8 Å². The second-order valence-corrected chi connectivity index (χ2v) is 8.80. The zero-order valence-electron chi connectivity index (χ0n) is 19.7. The molecule has 4 rings (SSSR count). The van der Waals surface area contributed by atoms with E-state index in [4.69, 9.17) is 32.7 Å². The summed E-state index contributed by atoms with van der Waals surface area (Å²) in [5.74, 6) is -1.04. The van der Waals surface area contributed by atoms with Crippen molar-refractivity contribution >= 4 is 40.7 Å². The van der Waals surface area contributed by atoms with Crippen LogP contribution < -0.4 is 9.47 Å². The number of hydrogen-bond donors (Lipinski definition) is 1. The maximum atomic E-state index is 13.3. The Morgan fingerprint density at radius 2 is 1.81 bits per heavy atom. The first-order chi connectivity index (χ1) is 17.3. The SMILES string of the molecule is CCOc1ccc(/C(O)=C2/C(=O)C(=O)N(Cc3cccnc3)C2c2ccc(Cl)c(Cl)c2)c(OCC)c1. The van der Waals surface area contributed by atoms with Crippen LogP contribution in [-0.4, -0.2) is 39.9 Å². The summed E-state index contributed by atoms with van der Waals surface area (Å²) in [6.45, 7) is 4.53. The fourth-order valence-corrected chi connectivity index (χ4v) is 4.44. The molecule has 1 saturated heterocycles. The van der Waals surface area contributed by atoms with Gasteiger partial charge in [0.15, 0.2) is 0 Å². The molecular formula is C27H24Cl2N2O5. The fraction of sp³-hybridized carbons (Fsp3) is 0.222. The van der Waals surface area contributed by atoms with Gasteiger partial charge in [0.1, 0.15) is 17.3 Å². The van der Waals surface area contributed by atoms with E-state index in [1.165, 1.54) is 4.90 Å². The Morgan fingerprint density at radius 1 is 1.03 bits per heavy atom. The first kappa shape index (κ1) is 25.5. The minimum absolute atomic E-state index is 0.0765. The van der Waals surface area contributed by atoms with Crippen LogP contribution >= 0.6 is 23.2 Å². The monoisotopic (exact) mass is 526 g/mol. The fourth-order valence-electron chi connectivity index (χ4n) is 4.14. The average Bonchev–Trinajstić information content (AvgIpc) is 3.11. The minimum Gasteiger partial charge on any atom is -0.507 e. The summed E-state index contributed by atoms with van der Waals surface area (Å²) in [6.07, 6.45) is 3.24. The number of pyridine rings is 1. The molecule has 1 aliphatic rings. The number of halogens is 2. The summed E-state index contributed by atoms with van der Waals surface area (Å²) < 4.78 is 11.3. The molecule has 0 saturated carbocycles. The molecule has 3 aromatic rings. The van der Waals surface area contributed by atoms with Crippen molar-refractivity contribution < 1.29 is 24.2 Å². The lowest BCUT2D eigenvalue weighted by Gasteiger charge is -2.26. The molecular weight excluding hydrogens is 503 g/mol. The predicted octanol–water partition coefficient (Wildman–Crippen LogP) is 5.81. The quantitative estimate of drug-likeness (QED) is 0.226. The highest BCUT2D eigenvalue weighted by atomic mass is 35.5. The van der Waals surface area contributed by atoms with E-state index in [-0.39, 0.29) is 28.5 Å². The van der Waals surface area contributed by atoms with E-state index in [1.807, 2.05) is 6.92 Å². The minimum atomic E-state index is -0.916. The number of rotatable bonds is 8. The first-order valence-electron chi connectivity index (χ1n) is 11.4. The number of likely N-dealkylation sites (tertiary alicyclic amines) is 1. The van der Waals surface area contributed by atoms with Crippen LogP contribution in [0.4, 0.5) is 0 Å². The second-order valence-electron chi connectivity index (χ2n) is 7.99. The number of carbonyl (C=O) groups excluding carboxylic acids is 2. The molecule has 0 radical (unpaired) electrons. The van der Waals surface area contributed by atoms with E-state index in [0.29, 0.717) is 35.3 Å². The predicted molar refractivity (Wildman–Crippen MR) is 137 cm³/mol. The van der Waals surface area contributed by atoms with Gasteiger partial charge in [0, 0.05) is 25.0 Å². The Labute approximate surface area is 218 Å². The molecule has 9 heteroatoms. The van der Waals surface area contributed by atoms with Crippen molar-refractivity contribution in [2.75, 3.05) is 13.2 Å². The number of ether oxygens (including phenoxy) is 2. The Bertz CT molecular complexity index is 1330. The lowest BCUT2D eigenvalue weighted by atomic mass is 9.94. The highest BCUT2D eigenvalue weighted by molar-refractivity contribution is 6.46. The van der Waals surface area contributed by atoms with Gasteiger partial charge in [-0.15, -0.1) is 0 Å². The maximum absolute atomic E-state index is 13.3. The number of aliphatic hydroxyl groups is 1. The molecule has 1 N–H and O–H groups in total. The van der Waals surface area contributed by atoms with Crippen molar-refractivity contribution in [3.05, 3.63) is 93.2 Å². The molecule has 0 bridgehead atoms. The van der Waals surface area contributed by atoms with Crippen LogP contribution in [-0.2, 0) is 16.1 Å². The number of hydrogen-bond acceptors (Lipinski definition) is 6. The van der Waals surface area contributed by atoms with Gasteiger partial charge in [-0.1, -0.05) is 35.3 Å². The summed E-state index contributed by atoms with van der Waals surface area (Å²) in [4.78, 5) is 32.1. The van der Waals surface area contributed by atoms with Crippen molar-refractivity contribution in [2.45, 2.75) is 26.4 Å². The van der Waals surface area contributed by atoms with Gasteiger partial charge in [0.2, 0.25) is 0 Å². The van der Waals surface area contributed by atoms with E-state index < -0.39 is 17.7 Å². The van der Waals surface area contributed by atoms with E-state index in [9.17, 15) is 14.7 Å². The lowest BCUT2D eigenvalue weighted by Crippen LogP contribution is -2.29. The molecule has 1 aliphatic heterocycles. The van der Waals surface area contributed by atoms with Crippen LogP contribution in [0.1, 0.15) is 36.6 Å². The topological polar surface area (TPSA) is 89.0 Å². The van der Waals surface area contributed by atoms with Crippen molar-refractivity contribution in [3.63, 3.8) is 0 Å². The zero-order valence-corrected chi connectivity index (χ0v) is 21.2. The van der Waals surface area contributed by atoms with Gasteiger partial charge in [-0.2, -0.15) is 0 Å². The van der Waals surface area contributed by atoms with Crippen molar-refractivity contribution in [2.24, 2.45) is 0 Å². The van der Waals surface area contributed by atoms with Gasteiger partial charge in [-0.3, -0.25) is 14.6 Å². The average molecular weight is 527 g/mol. The van der Waals surface area contributed by atoms with Gasteiger partial charge in [0.05, 0.1) is 40.4 Å². The van der Waals surface area contributed by atoms with Crippen LogP contribution in [0.15, 0.2) is 66.5 Å². The number of aromatic nitrogens is 1. The molecule has 36 heavy (non-hydrogen) atoms. The molecule has 1 amide bonds. The van der Waals surface area contributed by atoms with E-state index >= 15 is 0 Å². The first-order valence-corrected chi connectivity index (χ1v) is 12.1. The Balaban J connectivity index is 1.90. The van der Waals surface area contributed by atoms with Crippen molar-refractivity contribution in [1.29, 1.82) is 0 Å². The Kier molecular flexibility index (Phi) is 7.82. The largest absolute Gasteiger partial charge is 0.507 e. The van der Waals surface area contributed by atoms with Crippen molar-refractivity contribution in [1.82, 2.24) is 9.88 Å². The number of benzene rings is 2. The normalized spacial score (nSPS) is 16.9. The highest BCUT2D eigenvalue weighted by Crippen LogP contribution is 2.43. The molecule has 1 atom stereocenters. The summed E-state index contributed by atoms with van der Waals surface area (Å²) >= 11 is 12.4. The molecule has 1 aromatic heterocycles. The summed E-state index contributed by atoms with van der Waals surface area (Å²) in [6, 6.07) is 12.4. The van der Waals surface area contributed by atoms with Gasteiger partial charge in [-0.25, -0.2) is 0 Å². The van der Waals surface area contributed by atoms with E-state index in [2.05, 4.69) is 4.98 Å².